The molecule has 33 heavy (non-hydrogen) atoms. The zero-order chi connectivity index (χ0) is 23.7. The van der Waals surface area contributed by atoms with Crippen molar-refractivity contribution in [2.45, 2.75) is 31.7 Å². The summed E-state index contributed by atoms with van der Waals surface area (Å²) in [6, 6.07) is 7.19. The third kappa shape index (κ3) is 4.32. The number of hydrogen-bond acceptors (Lipinski definition) is 7. The number of pyridine rings is 1. The van der Waals surface area contributed by atoms with Gasteiger partial charge >= 0.3 is 5.97 Å². The standard InChI is InChI=1S/C23H22N4O6/c1-26(10-2-3-14-5-4-13(12-24-14)23(32)33)15-6-7-16-17(11-15)22(31)27(21(16)30)18-8-9-19(28)25-20(18)29/h4-7,11-12,18H,2-3,8-10H2,1H3,(H,32,33)(H,25,28,29). The molecule has 1 unspecified atom stereocenters. The van der Waals surface area contributed by atoms with Crippen LogP contribution in [0.3, 0.4) is 0 Å². The Morgan fingerprint density at radius 2 is 1.91 bits per heavy atom. The number of aromatic nitrogens is 1. The van der Waals surface area contributed by atoms with Gasteiger partial charge in [-0.15, -0.1) is 0 Å². The highest BCUT2D eigenvalue weighted by Crippen LogP contribution is 2.30. The Hall–Kier alpha value is -4.08. The zero-order valence-electron chi connectivity index (χ0n) is 17.9. The van der Waals surface area contributed by atoms with Gasteiger partial charge in [-0.3, -0.25) is 34.4 Å². The SMILES string of the molecule is CN(CCCc1ccc(C(=O)O)cn1)c1ccc2c(c1)C(=O)N(C1CCC(=O)NC1=O)C2=O. The number of aromatic carboxylic acids is 1. The van der Waals surface area contributed by atoms with Crippen LogP contribution in [0.25, 0.3) is 0 Å². The molecule has 1 aromatic carbocycles. The molecule has 3 heterocycles. The lowest BCUT2D eigenvalue weighted by molar-refractivity contribution is -0.136. The number of piperidine rings is 1. The molecule has 0 bridgehead atoms. The monoisotopic (exact) mass is 450 g/mol. The molecule has 2 aliphatic rings. The number of nitrogens with one attached hydrogen (secondary N) is 1. The van der Waals surface area contributed by atoms with E-state index < -0.39 is 35.6 Å². The summed E-state index contributed by atoms with van der Waals surface area (Å²) >= 11 is 0. The van der Waals surface area contributed by atoms with Crippen molar-refractivity contribution in [2.75, 3.05) is 18.5 Å². The number of benzene rings is 1. The third-order valence-corrected chi connectivity index (χ3v) is 5.86. The van der Waals surface area contributed by atoms with Crippen LogP contribution in [-0.4, -0.2) is 64.2 Å². The van der Waals surface area contributed by atoms with E-state index in [0.717, 1.165) is 22.7 Å². The molecule has 2 aromatic rings. The quantitative estimate of drug-likeness (QED) is 0.602. The van der Waals surface area contributed by atoms with Crippen LogP contribution in [0.2, 0.25) is 0 Å². The topological polar surface area (TPSA) is 137 Å². The molecular weight excluding hydrogens is 428 g/mol. The van der Waals surface area contributed by atoms with Crippen LogP contribution < -0.4 is 10.2 Å². The summed E-state index contributed by atoms with van der Waals surface area (Å²) in [4.78, 5) is 67.3. The molecule has 4 rings (SSSR count). The predicted octanol–water partition coefficient (Wildman–Crippen LogP) is 1.25. The van der Waals surface area contributed by atoms with Gasteiger partial charge in [0, 0.05) is 37.6 Å². The van der Waals surface area contributed by atoms with E-state index in [9.17, 15) is 24.0 Å². The van der Waals surface area contributed by atoms with Crippen molar-refractivity contribution in [1.29, 1.82) is 0 Å². The van der Waals surface area contributed by atoms with Crippen LogP contribution >= 0.6 is 0 Å². The summed E-state index contributed by atoms with van der Waals surface area (Å²) in [6.07, 6.45) is 2.91. The number of carbonyl (C=O) groups excluding carboxylic acids is 4. The molecule has 10 heteroatoms. The summed E-state index contributed by atoms with van der Waals surface area (Å²) in [6.45, 7) is 0.639. The average Bonchev–Trinajstić information content (AvgIpc) is 3.04. The summed E-state index contributed by atoms with van der Waals surface area (Å²) in [5.74, 6) is -3.14. The summed E-state index contributed by atoms with van der Waals surface area (Å²) in [5, 5.41) is 11.1. The van der Waals surface area contributed by atoms with Gasteiger partial charge < -0.3 is 10.0 Å². The fraction of sp³-hybridized carbons (Fsp3) is 0.304. The van der Waals surface area contributed by atoms with Crippen LogP contribution in [0.4, 0.5) is 5.69 Å². The predicted molar refractivity (Wildman–Crippen MR) is 116 cm³/mol. The molecule has 0 radical (unpaired) electrons. The van der Waals surface area contributed by atoms with Gasteiger partial charge in [-0.05, 0) is 49.6 Å². The second-order valence-electron chi connectivity index (χ2n) is 8.05. The van der Waals surface area contributed by atoms with Crippen LogP contribution in [-0.2, 0) is 16.0 Å². The number of nitrogens with zero attached hydrogens (tertiary/aromatic N) is 3. The lowest BCUT2D eigenvalue weighted by Gasteiger charge is -2.27. The number of imide groups is 2. The number of hydrogen-bond donors (Lipinski definition) is 2. The lowest BCUT2D eigenvalue weighted by atomic mass is 10.0. The molecule has 1 fully saturated rings. The van der Waals surface area contributed by atoms with E-state index in [4.69, 9.17) is 5.11 Å². The van der Waals surface area contributed by atoms with Gasteiger partial charge in [0.05, 0.1) is 16.7 Å². The molecule has 170 valence electrons. The van der Waals surface area contributed by atoms with Gasteiger partial charge in [-0.2, -0.15) is 0 Å². The summed E-state index contributed by atoms with van der Waals surface area (Å²) in [5.41, 5.74) is 2.14. The molecule has 0 aliphatic carbocycles. The highest BCUT2D eigenvalue weighted by molar-refractivity contribution is 6.23. The second kappa shape index (κ2) is 8.81. The Morgan fingerprint density at radius 1 is 1.15 bits per heavy atom. The van der Waals surface area contributed by atoms with Crippen LogP contribution in [0, 0.1) is 0 Å². The Morgan fingerprint density at radius 3 is 2.58 bits per heavy atom. The van der Waals surface area contributed by atoms with E-state index in [2.05, 4.69) is 10.3 Å². The average molecular weight is 450 g/mol. The summed E-state index contributed by atoms with van der Waals surface area (Å²) in [7, 11) is 1.86. The fourth-order valence-corrected chi connectivity index (χ4v) is 4.02. The zero-order valence-corrected chi connectivity index (χ0v) is 17.9. The first-order chi connectivity index (χ1) is 15.8. The second-order valence-corrected chi connectivity index (χ2v) is 8.05. The van der Waals surface area contributed by atoms with Crippen molar-refractivity contribution in [3.63, 3.8) is 0 Å². The summed E-state index contributed by atoms with van der Waals surface area (Å²) < 4.78 is 0. The molecular formula is C23H22N4O6. The van der Waals surface area contributed by atoms with Crippen LogP contribution in [0.5, 0.6) is 0 Å². The number of carbonyl (C=O) groups is 5. The van der Waals surface area contributed by atoms with Crippen molar-refractivity contribution in [3.05, 3.63) is 58.9 Å². The van der Waals surface area contributed by atoms with E-state index in [1.54, 1.807) is 24.3 Å². The molecule has 2 aliphatic heterocycles. The van der Waals surface area contributed by atoms with Crippen molar-refractivity contribution in [2.24, 2.45) is 0 Å². The Balaban J connectivity index is 1.41. The minimum atomic E-state index is -1.02. The van der Waals surface area contributed by atoms with Crippen LogP contribution in [0.1, 0.15) is 56.0 Å². The van der Waals surface area contributed by atoms with Crippen molar-refractivity contribution in [1.82, 2.24) is 15.2 Å². The van der Waals surface area contributed by atoms with E-state index in [1.807, 2.05) is 11.9 Å². The molecule has 0 saturated carbocycles. The molecule has 1 atom stereocenters. The fourth-order valence-electron chi connectivity index (χ4n) is 4.02. The molecule has 1 saturated heterocycles. The normalized spacial score (nSPS) is 17.7. The smallest absolute Gasteiger partial charge is 0.337 e. The van der Waals surface area contributed by atoms with Gasteiger partial charge in [0.2, 0.25) is 11.8 Å². The number of aryl methyl sites for hydroxylation is 1. The molecule has 0 spiro atoms. The maximum absolute atomic E-state index is 13.0. The molecule has 1 aromatic heterocycles. The number of anilines is 1. The maximum Gasteiger partial charge on any atom is 0.337 e. The minimum absolute atomic E-state index is 0.0751. The molecule has 4 amide bonds. The van der Waals surface area contributed by atoms with Crippen molar-refractivity contribution >= 4 is 35.3 Å². The Kier molecular flexibility index (Phi) is 5.91. The van der Waals surface area contributed by atoms with Gasteiger partial charge in [0.15, 0.2) is 0 Å². The highest BCUT2D eigenvalue weighted by Gasteiger charge is 2.44. The lowest BCUT2D eigenvalue weighted by Crippen LogP contribution is -2.54. The van der Waals surface area contributed by atoms with Gasteiger partial charge in [-0.25, -0.2) is 4.79 Å². The number of rotatable bonds is 7. The minimum Gasteiger partial charge on any atom is -0.478 e. The van der Waals surface area contributed by atoms with Crippen LogP contribution in [0.15, 0.2) is 36.5 Å². The number of carboxylic acids is 1. The maximum atomic E-state index is 13.0. The first kappa shape index (κ1) is 22.1. The van der Waals surface area contributed by atoms with Crippen molar-refractivity contribution < 1.29 is 29.1 Å². The van der Waals surface area contributed by atoms with E-state index in [1.165, 1.54) is 12.3 Å². The molecule has 10 nitrogen and oxygen atoms in total. The van der Waals surface area contributed by atoms with E-state index in [0.29, 0.717) is 13.0 Å². The van der Waals surface area contributed by atoms with E-state index >= 15 is 0 Å². The van der Waals surface area contributed by atoms with Gasteiger partial charge in [0.1, 0.15) is 6.04 Å². The number of amides is 4. The third-order valence-electron chi connectivity index (χ3n) is 5.86. The molecule has 2 N–H and O–H groups in total. The van der Waals surface area contributed by atoms with Gasteiger partial charge in [0.25, 0.3) is 11.8 Å². The highest BCUT2D eigenvalue weighted by atomic mass is 16.4. The van der Waals surface area contributed by atoms with Gasteiger partial charge in [-0.1, -0.05) is 0 Å². The number of carboxylic acid groups (broad SMARTS) is 1. The number of fused-ring (bicyclic) bond motifs is 1. The first-order valence-electron chi connectivity index (χ1n) is 10.5. The first-order valence-corrected chi connectivity index (χ1v) is 10.5. The Bertz CT molecular complexity index is 1160. The largest absolute Gasteiger partial charge is 0.478 e. The Labute approximate surface area is 189 Å². The van der Waals surface area contributed by atoms with Crippen molar-refractivity contribution in [3.8, 4) is 0 Å². The van der Waals surface area contributed by atoms with E-state index in [-0.39, 0.29) is 29.5 Å².